The molecule has 0 aliphatic carbocycles. The van der Waals surface area contributed by atoms with Gasteiger partial charge in [0.1, 0.15) is 11.5 Å². The average molecular weight is 302 g/mol. The van der Waals surface area contributed by atoms with E-state index in [0.717, 1.165) is 22.8 Å². The number of amides is 1. The number of hydrogen-bond acceptors (Lipinski definition) is 4. The fourth-order valence-electron chi connectivity index (χ4n) is 2.30. The van der Waals surface area contributed by atoms with E-state index in [4.69, 9.17) is 9.15 Å². The topological polar surface area (TPSA) is 64.4 Å². The summed E-state index contributed by atoms with van der Waals surface area (Å²) in [6.45, 7) is 4.30. The summed E-state index contributed by atoms with van der Waals surface area (Å²) < 4.78 is 10.6. The minimum absolute atomic E-state index is 0.0386. The molecule has 1 heterocycles. The minimum Gasteiger partial charge on any atom is -0.497 e. The maximum atomic E-state index is 11.9. The van der Waals surface area contributed by atoms with E-state index in [0.29, 0.717) is 31.7 Å². The molecule has 1 aromatic heterocycles. The Morgan fingerprint density at radius 3 is 2.82 bits per heavy atom. The number of nitrogens with one attached hydrogen (secondary N) is 1. The van der Waals surface area contributed by atoms with Crippen molar-refractivity contribution in [2.24, 2.45) is 0 Å². The molecule has 0 bridgehead atoms. The Hall–Kier alpha value is -2.30. The van der Waals surface area contributed by atoms with Gasteiger partial charge in [0.05, 0.1) is 12.8 Å². The predicted molar refractivity (Wildman–Crippen MR) is 84.0 cm³/mol. The number of hydrogen-bond donors (Lipinski definition) is 1. The number of aromatic nitrogens is 1. The lowest BCUT2D eigenvalue weighted by atomic mass is 10.1. The van der Waals surface area contributed by atoms with Gasteiger partial charge in [-0.1, -0.05) is 12.1 Å². The van der Waals surface area contributed by atoms with Crippen LogP contribution in [0.3, 0.4) is 0 Å². The van der Waals surface area contributed by atoms with Crippen LogP contribution in [-0.4, -0.2) is 24.5 Å². The Balaban J connectivity index is 1.72. The number of nitrogens with zero attached hydrogens (tertiary/aromatic N) is 1. The highest BCUT2D eigenvalue weighted by Gasteiger charge is 2.08. The van der Waals surface area contributed by atoms with Crippen LogP contribution in [0.25, 0.3) is 0 Å². The molecule has 0 unspecified atom stereocenters. The van der Waals surface area contributed by atoms with Crippen molar-refractivity contribution in [1.82, 2.24) is 10.3 Å². The molecule has 1 N–H and O–H groups in total. The van der Waals surface area contributed by atoms with E-state index in [-0.39, 0.29) is 5.91 Å². The highest BCUT2D eigenvalue weighted by molar-refractivity contribution is 5.76. The third-order valence-electron chi connectivity index (χ3n) is 3.45. The fourth-order valence-corrected chi connectivity index (χ4v) is 2.30. The third kappa shape index (κ3) is 4.62. The summed E-state index contributed by atoms with van der Waals surface area (Å²) in [5.74, 6) is 2.35. The lowest BCUT2D eigenvalue weighted by Gasteiger charge is -2.06. The van der Waals surface area contributed by atoms with Crippen LogP contribution in [0, 0.1) is 13.8 Å². The summed E-state index contributed by atoms with van der Waals surface area (Å²) in [7, 11) is 1.64. The summed E-state index contributed by atoms with van der Waals surface area (Å²) in [4.78, 5) is 16.1. The van der Waals surface area contributed by atoms with Crippen molar-refractivity contribution < 1.29 is 13.9 Å². The van der Waals surface area contributed by atoms with Crippen LogP contribution >= 0.6 is 0 Å². The van der Waals surface area contributed by atoms with E-state index in [2.05, 4.69) is 10.3 Å². The van der Waals surface area contributed by atoms with Gasteiger partial charge in [0.2, 0.25) is 5.91 Å². The van der Waals surface area contributed by atoms with Crippen molar-refractivity contribution in [2.45, 2.75) is 33.1 Å². The molecule has 0 radical (unpaired) electrons. The van der Waals surface area contributed by atoms with Crippen LogP contribution in [0.4, 0.5) is 0 Å². The second kappa shape index (κ2) is 7.64. The molecule has 5 nitrogen and oxygen atoms in total. The zero-order chi connectivity index (χ0) is 15.9. The zero-order valence-electron chi connectivity index (χ0n) is 13.3. The lowest BCUT2D eigenvalue weighted by molar-refractivity contribution is -0.121. The van der Waals surface area contributed by atoms with Gasteiger partial charge in [0.25, 0.3) is 0 Å². The smallest absolute Gasteiger partial charge is 0.220 e. The Morgan fingerprint density at radius 2 is 2.14 bits per heavy atom. The van der Waals surface area contributed by atoms with Crippen LogP contribution in [0.5, 0.6) is 5.75 Å². The van der Waals surface area contributed by atoms with Crippen molar-refractivity contribution in [3.63, 3.8) is 0 Å². The Kier molecular flexibility index (Phi) is 5.58. The molecule has 5 heteroatoms. The van der Waals surface area contributed by atoms with E-state index in [9.17, 15) is 4.79 Å². The molecule has 0 fully saturated rings. The minimum atomic E-state index is 0.0386. The molecule has 0 saturated carbocycles. The molecule has 2 aromatic rings. The highest BCUT2D eigenvalue weighted by Crippen LogP contribution is 2.14. The van der Waals surface area contributed by atoms with Gasteiger partial charge in [-0.2, -0.15) is 0 Å². The molecule has 22 heavy (non-hydrogen) atoms. The first-order valence-corrected chi connectivity index (χ1v) is 7.41. The van der Waals surface area contributed by atoms with Crippen LogP contribution < -0.4 is 10.1 Å². The summed E-state index contributed by atoms with van der Waals surface area (Å²) >= 11 is 0. The molecule has 1 amide bonds. The van der Waals surface area contributed by atoms with Gasteiger partial charge in [-0.3, -0.25) is 4.79 Å². The summed E-state index contributed by atoms with van der Waals surface area (Å²) in [5.41, 5.74) is 1.99. The van der Waals surface area contributed by atoms with Gasteiger partial charge in [-0.15, -0.1) is 0 Å². The molecule has 118 valence electrons. The van der Waals surface area contributed by atoms with Gasteiger partial charge in [-0.25, -0.2) is 4.98 Å². The van der Waals surface area contributed by atoms with Gasteiger partial charge in [0.15, 0.2) is 5.89 Å². The Bertz CT molecular complexity index is 635. The Labute approximate surface area is 130 Å². The Morgan fingerprint density at radius 1 is 1.32 bits per heavy atom. The van der Waals surface area contributed by atoms with Gasteiger partial charge in [-0.05, 0) is 31.0 Å². The van der Waals surface area contributed by atoms with Gasteiger partial charge >= 0.3 is 0 Å². The quantitative estimate of drug-likeness (QED) is 0.854. The normalized spacial score (nSPS) is 10.5. The van der Waals surface area contributed by atoms with E-state index >= 15 is 0 Å². The zero-order valence-corrected chi connectivity index (χ0v) is 13.3. The maximum absolute atomic E-state index is 11.9. The third-order valence-corrected chi connectivity index (χ3v) is 3.45. The second-order valence-corrected chi connectivity index (χ2v) is 5.19. The molecular formula is C17H22N2O3. The summed E-state index contributed by atoms with van der Waals surface area (Å²) in [6.07, 6.45) is 1.82. The van der Waals surface area contributed by atoms with Crippen LogP contribution in [0.15, 0.2) is 28.7 Å². The standard InChI is InChI=1S/C17H22N2O3/c1-12-16(22-13(2)19-12)9-10-18-17(20)8-7-14-5-4-6-15(11-14)21-3/h4-6,11H,7-10H2,1-3H3,(H,18,20). The van der Waals surface area contributed by atoms with E-state index < -0.39 is 0 Å². The van der Waals surface area contributed by atoms with E-state index in [1.165, 1.54) is 0 Å². The van der Waals surface area contributed by atoms with Crippen LogP contribution in [0.2, 0.25) is 0 Å². The SMILES string of the molecule is COc1cccc(CCC(=O)NCCc2oc(C)nc2C)c1. The fraction of sp³-hybridized carbons (Fsp3) is 0.412. The van der Waals surface area contributed by atoms with Gasteiger partial charge in [0, 0.05) is 26.3 Å². The molecule has 0 aliphatic rings. The number of carbonyl (C=O) groups excluding carboxylic acids is 1. The second-order valence-electron chi connectivity index (χ2n) is 5.19. The maximum Gasteiger partial charge on any atom is 0.220 e. The number of methoxy groups -OCH3 is 1. The van der Waals surface area contributed by atoms with Crippen molar-refractivity contribution in [3.05, 3.63) is 47.2 Å². The molecule has 0 atom stereocenters. The average Bonchev–Trinajstić information content (AvgIpc) is 2.83. The molecule has 1 aromatic carbocycles. The monoisotopic (exact) mass is 302 g/mol. The first kappa shape index (κ1) is 16.1. The molecular weight excluding hydrogens is 280 g/mol. The highest BCUT2D eigenvalue weighted by atomic mass is 16.5. The first-order chi connectivity index (χ1) is 10.6. The predicted octanol–water partition coefficient (Wildman–Crippen LogP) is 2.59. The number of ether oxygens (including phenoxy) is 1. The van der Waals surface area contributed by atoms with Crippen LogP contribution in [0.1, 0.15) is 29.3 Å². The number of carbonyl (C=O) groups is 1. The number of oxazole rings is 1. The van der Waals surface area contributed by atoms with Gasteiger partial charge < -0.3 is 14.5 Å². The van der Waals surface area contributed by atoms with Crippen molar-refractivity contribution >= 4 is 5.91 Å². The summed E-state index contributed by atoms with van der Waals surface area (Å²) in [6, 6.07) is 7.77. The molecule has 2 rings (SSSR count). The lowest BCUT2D eigenvalue weighted by Crippen LogP contribution is -2.25. The van der Waals surface area contributed by atoms with Crippen molar-refractivity contribution in [1.29, 1.82) is 0 Å². The van der Waals surface area contributed by atoms with Crippen molar-refractivity contribution in [2.75, 3.05) is 13.7 Å². The van der Waals surface area contributed by atoms with Crippen molar-refractivity contribution in [3.8, 4) is 5.75 Å². The molecule has 0 aliphatic heterocycles. The molecule has 0 spiro atoms. The number of benzene rings is 1. The van der Waals surface area contributed by atoms with Crippen LogP contribution in [-0.2, 0) is 17.6 Å². The number of aryl methyl sites for hydroxylation is 3. The number of rotatable bonds is 7. The van der Waals surface area contributed by atoms with E-state index in [1.54, 1.807) is 7.11 Å². The first-order valence-electron chi connectivity index (χ1n) is 7.41. The largest absolute Gasteiger partial charge is 0.497 e. The van der Waals surface area contributed by atoms with E-state index in [1.807, 2.05) is 38.1 Å². The summed E-state index contributed by atoms with van der Waals surface area (Å²) in [5, 5.41) is 2.91. The molecule has 0 saturated heterocycles.